The van der Waals surface area contributed by atoms with Crippen molar-refractivity contribution in [2.45, 2.75) is 4.90 Å². The van der Waals surface area contributed by atoms with Crippen LogP contribution < -0.4 is 4.74 Å². The predicted octanol–water partition coefficient (Wildman–Crippen LogP) is 2.74. The van der Waals surface area contributed by atoms with E-state index >= 15 is 0 Å². The SMILES string of the molecule is COc1cc(Br)ccc1S[N+](=O)[O-]. The van der Waals surface area contributed by atoms with Gasteiger partial charge in [-0.05, 0) is 18.2 Å². The highest BCUT2D eigenvalue weighted by atomic mass is 79.9. The summed E-state index contributed by atoms with van der Waals surface area (Å²) in [6.07, 6.45) is 0. The zero-order valence-corrected chi connectivity index (χ0v) is 9.09. The number of benzene rings is 1. The number of nitro groups is 1. The average molecular weight is 264 g/mol. The monoisotopic (exact) mass is 263 g/mol. The van der Waals surface area contributed by atoms with Crippen LogP contribution in [0.4, 0.5) is 0 Å². The summed E-state index contributed by atoms with van der Waals surface area (Å²) in [6.45, 7) is 0. The van der Waals surface area contributed by atoms with E-state index in [-0.39, 0.29) is 0 Å². The lowest BCUT2D eigenvalue weighted by Crippen LogP contribution is -1.89. The Bertz CT molecular complexity index is 332. The van der Waals surface area contributed by atoms with Gasteiger partial charge in [-0.25, -0.2) is 0 Å². The number of methoxy groups -OCH3 is 1. The fourth-order valence-electron chi connectivity index (χ4n) is 0.797. The highest BCUT2D eigenvalue weighted by Gasteiger charge is 2.11. The molecule has 1 aromatic carbocycles. The minimum atomic E-state index is -0.467. The zero-order valence-electron chi connectivity index (χ0n) is 6.69. The van der Waals surface area contributed by atoms with Gasteiger partial charge in [-0.1, -0.05) is 15.9 Å². The molecule has 6 heteroatoms. The maximum Gasteiger partial charge on any atom is 0.269 e. The minimum absolute atomic E-state index is 0.467. The number of nitrogens with zero attached hydrogens (tertiary/aromatic N) is 1. The summed E-state index contributed by atoms with van der Waals surface area (Å²) < 4.78 is 5.34. The topological polar surface area (TPSA) is 52.4 Å². The van der Waals surface area contributed by atoms with Gasteiger partial charge in [0.05, 0.1) is 7.11 Å². The quantitative estimate of drug-likeness (QED) is 0.478. The molecule has 0 unspecified atom stereocenters. The molecule has 0 aliphatic carbocycles. The molecule has 0 aliphatic heterocycles. The predicted molar refractivity (Wildman–Crippen MR) is 53.5 cm³/mol. The third kappa shape index (κ3) is 2.89. The number of halogens is 1. The molecule has 0 radical (unpaired) electrons. The third-order valence-electron chi connectivity index (χ3n) is 1.30. The van der Waals surface area contributed by atoms with E-state index in [0.717, 1.165) is 4.47 Å². The van der Waals surface area contributed by atoms with Crippen molar-refractivity contribution in [2.75, 3.05) is 7.11 Å². The fourth-order valence-corrected chi connectivity index (χ4v) is 1.66. The first-order valence-corrected chi connectivity index (χ1v) is 4.86. The van der Waals surface area contributed by atoms with Gasteiger partial charge in [-0.3, -0.25) is 10.1 Å². The molecule has 0 aliphatic rings. The van der Waals surface area contributed by atoms with E-state index in [1.807, 2.05) is 0 Å². The van der Waals surface area contributed by atoms with E-state index in [1.54, 1.807) is 18.2 Å². The summed E-state index contributed by atoms with van der Waals surface area (Å²) in [4.78, 5) is 10.7. The van der Waals surface area contributed by atoms with Gasteiger partial charge < -0.3 is 4.74 Å². The van der Waals surface area contributed by atoms with Crippen molar-refractivity contribution >= 4 is 27.9 Å². The molecule has 0 heterocycles. The van der Waals surface area contributed by atoms with Crippen LogP contribution in [0.2, 0.25) is 0 Å². The van der Waals surface area contributed by atoms with E-state index in [1.165, 1.54) is 7.11 Å². The molecule has 0 fully saturated rings. The Hall–Kier alpha value is -0.750. The van der Waals surface area contributed by atoms with Crippen molar-refractivity contribution in [3.63, 3.8) is 0 Å². The highest BCUT2D eigenvalue weighted by Crippen LogP contribution is 2.31. The molecular formula is C7H6BrNO3S. The first-order chi connectivity index (χ1) is 6.13. The van der Waals surface area contributed by atoms with Crippen LogP contribution in [-0.2, 0) is 0 Å². The Morgan fingerprint density at radius 3 is 2.85 bits per heavy atom. The van der Waals surface area contributed by atoms with Gasteiger partial charge in [0.15, 0.2) is 0 Å². The lowest BCUT2D eigenvalue weighted by Gasteiger charge is -2.02. The van der Waals surface area contributed by atoms with Crippen LogP contribution in [-0.4, -0.2) is 11.4 Å². The molecule has 13 heavy (non-hydrogen) atoms. The molecule has 0 saturated carbocycles. The van der Waals surface area contributed by atoms with Crippen LogP contribution in [0.25, 0.3) is 0 Å². The molecule has 0 atom stereocenters. The van der Waals surface area contributed by atoms with Crippen molar-refractivity contribution in [3.05, 3.63) is 32.8 Å². The van der Waals surface area contributed by atoms with Crippen LogP contribution in [0.15, 0.2) is 27.6 Å². The van der Waals surface area contributed by atoms with Crippen molar-refractivity contribution < 1.29 is 9.07 Å². The van der Waals surface area contributed by atoms with E-state index in [4.69, 9.17) is 4.74 Å². The van der Waals surface area contributed by atoms with Gasteiger partial charge in [0.2, 0.25) is 0 Å². The summed E-state index contributed by atoms with van der Waals surface area (Å²) in [5, 5.41) is 10.2. The van der Waals surface area contributed by atoms with Crippen LogP contribution in [0.5, 0.6) is 5.75 Å². The van der Waals surface area contributed by atoms with E-state index < -0.39 is 4.33 Å². The van der Waals surface area contributed by atoms with E-state index in [0.29, 0.717) is 22.6 Å². The van der Waals surface area contributed by atoms with Gasteiger partial charge in [0, 0.05) is 4.47 Å². The van der Waals surface area contributed by atoms with Crippen molar-refractivity contribution in [2.24, 2.45) is 0 Å². The number of hydrogen-bond acceptors (Lipinski definition) is 4. The Balaban J connectivity index is 2.99. The number of hydrogen-bond donors (Lipinski definition) is 0. The van der Waals surface area contributed by atoms with Crippen molar-refractivity contribution in [1.29, 1.82) is 0 Å². The largest absolute Gasteiger partial charge is 0.495 e. The van der Waals surface area contributed by atoms with Crippen molar-refractivity contribution in [3.8, 4) is 5.75 Å². The van der Waals surface area contributed by atoms with Crippen molar-refractivity contribution in [1.82, 2.24) is 0 Å². The Labute approximate surface area is 87.7 Å². The maximum absolute atomic E-state index is 10.2. The second-order valence-corrected chi connectivity index (χ2v) is 3.95. The molecule has 0 N–H and O–H groups in total. The summed E-state index contributed by atoms with van der Waals surface area (Å²) in [5.41, 5.74) is 0. The Morgan fingerprint density at radius 2 is 2.31 bits per heavy atom. The van der Waals surface area contributed by atoms with Gasteiger partial charge >= 0.3 is 0 Å². The molecule has 1 rings (SSSR count). The molecule has 4 nitrogen and oxygen atoms in total. The molecule has 70 valence electrons. The van der Waals surface area contributed by atoms with Gasteiger partial charge in [0.25, 0.3) is 11.9 Å². The van der Waals surface area contributed by atoms with E-state index in [9.17, 15) is 10.1 Å². The average Bonchev–Trinajstić information content (AvgIpc) is 2.07. The standard InChI is InChI=1S/C7H6BrNO3S/c1-12-6-4-5(8)2-3-7(6)13-9(10)11/h2-4H,1H3. The highest BCUT2D eigenvalue weighted by molar-refractivity contribution is 9.10. The Kier molecular flexibility index (Phi) is 3.56. The van der Waals surface area contributed by atoms with Crippen LogP contribution >= 0.6 is 27.9 Å². The van der Waals surface area contributed by atoms with Crippen LogP contribution in [0, 0.1) is 10.1 Å². The summed E-state index contributed by atoms with van der Waals surface area (Å²) in [5.74, 6) is 0.496. The Morgan fingerprint density at radius 1 is 1.62 bits per heavy atom. The molecule has 0 saturated heterocycles. The third-order valence-corrected chi connectivity index (χ3v) is 2.47. The van der Waals surface area contributed by atoms with Crippen LogP contribution in [0.1, 0.15) is 0 Å². The zero-order chi connectivity index (χ0) is 9.84. The normalized spacial score (nSPS) is 9.69. The number of rotatable bonds is 3. The first kappa shape index (κ1) is 10.3. The number of ether oxygens (including phenoxy) is 1. The minimum Gasteiger partial charge on any atom is -0.495 e. The molecule has 0 spiro atoms. The van der Waals surface area contributed by atoms with E-state index in [2.05, 4.69) is 15.9 Å². The second-order valence-electron chi connectivity index (χ2n) is 2.11. The molecule has 0 aromatic heterocycles. The summed E-state index contributed by atoms with van der Waals surface area (Å²) in [7, 11) is 1.48. The smallest absolute Gasteiger partial charge is 0.269 e. The van der Waals surface area contributed by atoms with Gasteiger partial charge in [-0.2, -0.15) is 0 Å². The first-order valence-electron chi connectivity index (χ1n) is 3.29. The molecule has 1 aromatic rings. The fraction of sp³-hybridized carbons (Fsp3) is 0.143. The lowest BCUT2D eigenvalue weighted by atomic mass is 10.3. The lowest BCUT2D eigenvalue weighted by molar-refractivity contribution is -0.284. The second kappa shape index (κ2) is 4.48. The maximum atomic E-state index is 10.2. The van der Waals surface area contributed by atoms with Crippen LogP contribution in [0.3, 0.4) is 0 Å². The van der Waals surface area contributed by atoms with Gasteiger partial charge in [-0.15, -0.1) is 0 Å². The molecule has 0 amide bonds. The summed E-state index contributed by atoms with van der Waals surface area (Å²) >= 11 is 3.78. The molecular weight excluding hydrogens is 258 g/mol. The summed E-state index contributed by atoms with van der Waals surface area (Å²) in [6, 6.07) is 5.05. The van der Waals surface area contributed by atoms with Gasteiger partial charge in [0.1, 0.15) is 15.0 Å². The molecule has 0 bridgehead atoms.